The predicted molar refractivity (Wildman–Crippen MR) is 145 cm³/mol. The van der Waals surface area contributed by atoms with Gasteiger partial charge in [-0.15, -0.1) is 0 Å². The minimum atomic E-state index is -1.82. The van der Waals surface area contributed by atoms with E-state index in [1.165, 1.54) is 33.4 Å². The van der Waals surface area contributed by atoms with Crippen molar-refractivity contribution in [1.29, 1.82) is 0 Å². The monoisotopic (exact) mass is 482 g/mol. The van der Waals surface area contributed by atoms with Crippen molar-refractivity contribution in [2.75, 3.05) is 6.54 Å². The molecule has 0 aliphatic heterocycles. The highest BCUT2D eigenvalue weighted by Gasteiger charge is 2.29. The van der Waals surface area contributed by atoms with Crippen molar-refractivity contribution in [2.24, 2.45) is 0 Å². The highest BCUT2D eigenvalue weighted by atomic mass is 28.4. The lowest BCUT2D eigenvalue weighted by Crippen LogP contribution is -2.38. The van der Waals surface area contributed by atoms with Gasteiger partial charge in [-0.2, -0.15) is 0 Å². The molecular formula is C28H44NO2Si2. The van der Waals surface area contributed by atoms with Crippen molar-refractivity contribution in [1.82, 2.24) is 4.90 Å². The molecule has 0 aliphatic rings. The molecule has 2 aromatic rings. The SMILES string of the molecule is Cc1c(C)c(O[Si](C)(C)C)c(C(CCN(C(C)C)C(C)C)c2ccccc2)c(C)c1CO[Si]. The summed E-state index contributed by atoms with van der Waals surface area (Å²) in [5.41, 5.74) is 7.73. The number of hydrogen-bond donors (Lipinski definition) is 0. The molecule has 0 heterocycles. The Kier molecular flexibility index (Phi) is 9.98. The number of nitrogens with zero attached hydrogens (tertiary/aromatic N) is 1. The molecule has 33 heavy (non-hydrogen) atoms. The third-order valence-corrected chi connectivity index (χ3v) is 7.60. The van der Waals surface area contributed by atoms with E-state index in [-0.39, 0.29) is 5.92 Å². The molecule has 3 nitrogen and oxygen atoms in total. The van der Waals surface area contributed by atoms with Gasteiger partial charge in [-0.05, 0) is 109 Å². The molecule has 3 radical (unpaired) electrons. The lowest BCUT2D eigenvalue weighted by molar-refractivity contribution is 0.170. The van der Waals surface area contributed by atoms with Crippen molar-refractivity contribution >= 4 is 18.8 Å². The smallest absolute Gasteiger partial charge is 0.246 e. The molecule has 2 aromatic carbocycles. The van der Waals surface area contributed by atoms with Crippen molar-refractivity contribution in [2.45, 2.75) is 99.1 Å². The Balaban J connectivity index is 2.74. The number of rotatable bonds is 11. The van der Waals surface area contributed by atoms with Gasteiger partial charge in [0.05, 0.1) is 6.61 Å². The summed E-state index contributed by atoms with van der Waals surface area (Å²) in [5, 5.41) is 0. The topological polar surface area (TPSA) is 21.7 Å². The van der Waals surface area contributed by atoms with E-state index in [4.69, 9.17) is 8.85 Å². The maximum Gasteiger partial charge on any atom is 0.246 e. The van der Waals surface area contributed by atoms with E-state index in [0.717, 1.165) is 18.7 Å². The highest BCUT2D eigenvalue weighted by molar-refractivity contribution is 6.70. The molecule has 0 fully saturated rings. The van der Waals surface area contributed by atoms with Gasteiger partial charge in [0.25, 0.3) is 0 Å². The molecule has 0 amide bonds. The molecule has 1 atom stereocenters. The number of benzene rings is 2. The Morgan fingerprint density at radius 1 is 0.879 bits per heavy atom. The summed E-state index contributed by atoms with van der Waals surface area (Å²) in [4.78, 5) is 2.59. The van der Waals surface area contributed by atoms with E-state index in [2.05, 4.69) is 114 Å². The Hall–Kier alpha value is -1.41. The zero-order valence-corrected chi connectivity index (χ0v) is 24.5. The third-order valence-electron chi connectivity index (χ3n) is 6.63. The molecule has 0 spiro atoms. The van der Waals surface area contributed by atoms with Crippen LogP contribution in [0.15, 0.2) is 30.3 Å². The van der Waals surface area contributed by atoms with Gasteiger partial charge >= 0.3 is 0 Å². The van der Waals surface area contributed by atoms with E-state index in [1.807, 2.05) is 0 Å². The van der Waals surface area contributed by atoms with Gasteiger partial charge in [-0.1, -0.05) is 30.3 Å². The molecular weight excluding hydrogens is 438 g/mol. The van der Waals surface area contributed by atoms with Crippen LogP contribution in [0.25, 0.3) is 0 Å². The first-order valence-electron chi connectivity index (χ1n) is 12.3. The fourth-order valence-electron chi connectivity index (χ4n) is 4.91. The van der Waals surface area contributed by atoms with Crippen LogP contribution in [0, 0.1) is 20.8 Å². The zero-order valence-electron chi connectivity index (χ0n) is 22.5. The second kappa shape index (κ2) is 11.8. The summed E-state index contributed by atoms with van der Waals surface area (Å²) < 4.78 is 12.3. The molecule has 0 N–H and O–H groups in total. The standard InChI is InChI=1S/C28H44NO2Si2/c1-19(2)29(20(3)4)17-16-25(24-14-12-11-13-15-24)27-23(7)26(18-30-32)21(5)22(6)28(27)31-33(8,9)10/h11-15,19-20,25H,16-18H2,1-10H3. The van der Waals surface area contributed by atoms with Crippen molar-refractivity contribution in [3.8, 4) is 5.75 Å². The lowest BCUT2D eigenvalue weighted by Gasteiger charge is -2.34. The van der Waals surface area contributed by atoms with Gasteiger partial charge in [-0.25, -0.2) is 0 Å². The van der Waals surface area contributed by atoms with Gasteiger partial charge < -0.3 is 8.85 Å². The average molecular weight is 483 g/mol. The molecule has 0 aromatic heterocycles. The quantitative estimate of drug-likeness (QED) is 0.320. The third kappa shape index (κ3) is 7.04. The summed E-state index contributed by atoms with van der Waals surface area (Å²) in [7, 11) is 1.43. The molecule has 0 saturated carbocycles. The molecule has 2 rings (SSSR count). The zero-order chi connectivity index (χ0) is 24.9. The van der Waals surface area contributed by atoms with Crippen LogP contribution in [0.5, 0.6) is 5.75 Å². The fraction of sp³-hybridized carbons (Fsp3) is 0.571. The van der Waals surface area contributed by atoms with Crippen LogP contribution >= 0.6 is 0 Å². The van der Waals surface area contributed by atoms with Crippen LogP contribution in [0.4, 0.5) is 0 Å². The summed E-state index contributed by atoms with van der Waals surface area (Å²) in [6.45, 7) is 24.2. The Bertz CT molecular complexity index is 897. The van der Waals surface area contributed by atoms with Crippen LogP contribution < -0.4 is 4.43 Å². The summed E-state index contributed by atoms with van der Waals surface area (Å²) in [6, 6.07) is 12.0. The van der Waals surface area contributed by atoms with Gasteiger partial charge in [0.2, 0.25) is 18.8 Å². The molecule has 0 aliphatic carbocycles. The molecule has 1 unspecified atom stereocenters. The van der Waals surface area contributed by atoms with Gasteiger partial charge in [-0.3, -0.25) is 4.90 Å². The largest absolute Gasteiger partial charge is 0.544 e. The first kappa shape index (κ1) is 27.8. The Morgan fingerprint density at radius 3 is 1.94 bits per heavy atom. The van der Waals surface area contributed by atoms with E-state index < -0.39 is 8.32 Å². The first-order chi connectivity index (χ1) is 15.4. The summed E-state index contributed by atoms with van der Waals surface area (Å²) >= 11 is 0. The van der Waals surface area contributed by atoms with Gasteiger partial charge in [0, 0.05) is 23.6 Å². The second-order valence-electron chi connectivity index (χ2n) is 10.8. The van der Waals surface area contributed by atoms with Gasteiger partial charge in [0.15, 0.2) is 0 Å². The molecule has 0 saturated heterocycles. The average Bonchev–Trinajstić information content (AvgIpc) is 2.73. The highest BCUT2D eigenvalue weighted by Crippen LogP contribution is 2.43. The lowest BCUT2D eigenvalue weighted by atomic mass is 9.81. The Labute approximate surface area is 207 Å². The van der Waals surface area contributed by atoms with E-state index in [9.17, 15) is 0 Å². The van der Waals surface area contributed by atoms with Crippen LogP contribution in [0.2, 0.25) is 19.6 Å². The Morgan fingerprint density at radius 2 is 1.45 bits per heavy atom. The van der Waals surface area contributed by atoms with E-state index in [1.54, 1.807) is 0 Å². The molecule has 181 valence electrons. The minimum absolute atomic E-state index is 0.255. The molecule has 5 heteroatoms. The predicted octanol–water partition coefficient (Wildman–Crippen LogP) is 7.07. The van der Waals surface area contributed by atoms with Gasteiger partial charge in [0.1, 0.15) is 5.75 Å². The summed E-state index contributed by atoms with van der Waals surface area (Å²) in [6.07, 6.45) is 1.04. The van der Waals surface area contributed by atoms with Crippen LogP contribution in [0.3, 0.4) is 0 Å². The first-order valence-corrected chi connectivity index (χ1v) is 16.1. The van der Waals surface area contributed by atoms with Crippen molar-refractivity contribution in [3.63, 3.8) is 0 Å². The maximum absolute atomic E-state index is 6.83. The van der Waals surface area contributed by atoms with Crippen LogP contribution in [-0.2, 0) is 11.0 Å². The van der Waals surface area contributed by atoms with Crippen molar-refractivity contribution < 1.29 is 8.85 Å². The molecule has 0 bridgehead atoms. The summed E-state index contributed by atoms with van der Waals surface area (Å²) in [5.74, 6) is 1.35. The van der Waals surface area contributed by atoms with Crippen LogP contribution in [0.1, 0.15) is 73.4 Å². The second-order valence-corrected chi connectivity index (χ2v) is 15.5. The van der Waals surface area contributed by atoms with E-state index in [0.29, 0.717) is 18.7 Å². The fourth-order valence-corrected chi connectivity index (χ4v) is 5.93. The maximum atomic E-state index is 6.83. The van der Waals surface area contributed by atoms with Crippen LogP contribution in [-0.4, -0.2) is 42.3 Å². The number of hydrogen-bond acceptors (Lipinski definition) is 3. The minimum Gasteiger partial charge on any atom is -0.544 e. The van der Waals surface area contributed by atoms with E-state index >= 15 is 0 Å². The van der Waals surface area contributed by atoms with Crippen molar-refractivity contribution in [3.05, 3.63) is 63.7 Å². The normalized spacial score (nSPS) is 13.3.